The summed E-state index contributed by atoms with van der Waals surface area (Å²) in [5, 5.41) is 0. The maximum atomic E-state index is 10.9. The second-order valence-corrected chi connectivity index (χ2v) is 3.64. The average Bonchev–Trinajstić information content (AvgIpc) is 1.89. The molecular weight excluding hydrogens is 143 g/mol. The summed E-state index contributed by atoms with van der Waals surface area (Å²) < 4.78 is 19.7. The van der Waals surface area contributed by atoms with Crippen molar-refractivity contribution in [3.63, 3.8) is 0 Å². The lowest BCUT2D eigenvalue weighted by Crippen LogP contribution is -1.94. The summed E-state index contributed by atoms with van der Waals surface area (Å²) in [5.41, 5.74) is 0. The van der Waals surface area contributed by atoms with Crippen LogP contribution in [-0.2, 0) is 18.4 Å². The van der Waals surface area contributed by atoms with Gasteiger partial charge in [-0.1, -0.05) is 0 Å². The Balaban J connectivity index is 3.93. The zero-order valence-corrected chi connectivity index (χ0v) is 6.26. The van der Waals surface area contributed by atoms with Crippen LogP contribution < -0.4 is 0 Å². The van der Waals surface area contributed by atoms with E-state index < -0.39 is 7.60 Å². The van der Waals surface area contributed by atoms with Gasteiger partial charge in [-0.15, -0.1) is 0 Å². The van der Waals surface area contributed by atoms with Crippen LogP contribution in [0.4, 0.5) is 0 Å². The zero-order valence-electron chi connectivity index (χ0n) is 5.36. The van der Waals surface area contributed by atoms with Crippen molar-refractivity contribution in [2.45, 2.75) is 0 Å². The van der Waals surface area contributed by atoms with Gasteiger partial charge in [0, 0.05) is 14.2 Å². The van der Waals surface area contributed by atoms with Gasteiger partial charge in [0.1, 0.15) is 12.4 Å². The summed E-state index contributed by atoms with van der Waals surface area (Å²) in [4.78, 5) is 9.81. The fraction of sp³-hybridized carbons (Fsp3) is 0.750. The molecule has 0 aliphatic carbocycles. The Morgan fingerprint density at radius 2 is 1.89 bits per heavy atom. The Labute approximate surface area is 53.7 Å². The molecular formula is C4H9O4P. The van der Waals surface area contributed by atoms with Crippen LogP contribution in [-0.4, -0.2) is 26.7 Å². The topological polar surface area (TPSA) is 52.6 Å². The van der Waals surface area contributed by atoms with Crippen molar-refractivity contribution in [2.75, 3.05) is 20.4 Å². The summed E-state index contributed by atoms with van der Waals surface area (Å²) in [6.07, 6.45) is 0.327. The highest BCUT2D eigenvalue weighted by Crippen LogP contribution is 2.44. The van der Waals surface area contributed by atoms with Crippen LogP contribution >= 0.6 is 7.60 Å². The Kier molecular flexibility index (Phi) is 3.70. The Bertz CT molecular complexity index is 125. The molecule has 0 spiro atoms. The van der Waals surface area contributed by atoms with E-state index in [0.717, 1.165) is 0 Å². The quantitative estimate of drug-likeness (QED) is 0.438. The van der Waals surface area contributed by atoms with Crippen LogP contribution in [0.15, 0.2) is 0 Å². The standard InChI is InChI=1S/C4H9O4P/c1-7-9(6,8-2)4-3-5/h3H,4H2,1-2H3. The van der Waals surface area contributed by atoms with Gasteiger partial charge in [-0.25, -0.2) is 0 Å². The molecule has 0 saturated heterocycles. The molecule has 0 amide bonds. The van der Waals surface area contributed by atoms with Gasteiger partial charge in [-0.3, -0.25) is 4.57 Å². The van der Waals surface area contributed by atoms with Crippen molar-refractivity contribution in [3.05, 3.63) is 0 Å². The first-order chi connectivity index (χ1) is 4.18. The van der Waals surface area contributed by atoms with E-state index in [9.17, 15) is 9.36 Å². The van der Waals surface area contributed by atoms with Gasteiger partial charge in [-0.2, -0.15) is 0 Å². The van der Waals surface area contributed by atoms with E-state index in [2.05, 4.69) is 9.05 Å². The normalized spacial score (nSPS) is 11.3. The number of carbonyl (C=O) groups excluding carboxylic acids is 1. The molecule has 0 aromatic rings. The predicted octanol–water partition coefficient (Wildman–Crippen LogP) is 0.671. The van der Waals surface area contributed by atoms with Gasteiger partial charge in [-0.05, 0) is 0 Å². The van der Waals surface area contributed by atoms with Crippen molar-refractivity contribution in [2.24, 2.45) is 0 Å². The summed E-state index contributed by atoms with van der Waals surface area (Å²) in [6, 6.07) is 0. The van der Waals surface area contributed by atoms with E-state index in [1.54, 1.807) is 0 Å². The summed E-state index contributed by atoms with van der Waals surface area (Å²) in [6.45, 7) is 0. The molecule has 9 heavy (non-hydrogen) atoms. The molecule has 0 bridgehead atoms. The van der Waals surface area contributed by atoms with Crippen molar-refractivity contribution in [1.29, 1.82) is 0 Å². The number of hydrogen-bond acceptors (Lipinski definition) is 4. The molecule has 0 atom stereocenters. The molecule has 0 rings (SSSR count). The van der Waals surface area contributed by atoms with E-state index in [0.29, 0.717) is 6.29 Å². The van der Waals surface area contributed by atoms with Crippen LogP contribution in [0.3, 0.4) is 0 Å². The molecule has 0 aromatic heterocycles. The zero-order chi connectivity index (χ0) is 7.33. The molecule has 4 nitrogen and oxygen atoms in total. The molecule has 0 radical (unpaired) electrons. The molecule has 0 aliphatic heterocycles. The lowest BCUT2D eigenvalue weighted by atomic mass is 10.9. The smallest absolute Gasteiger partial charge is 0.312 e. The third-order valence-corrected chi connectivity index (χ3v) is 2.56. The van der Waals surface area contributed by atoms with Gasteiger partial charge in [0.05, 0.1) is 0 Å². The molecule has 0 aromatic carbocycles. The van der Waals surface area contributed by atoms with E-state index in [1.165, 1.54) is 14.2 Å². The van der Waals surface area contributed by atoms with Gasteiger partial charge in [0.25, 0.3) is 0 Å². The summed E-state index contributed by atoms with van der Waals surface area (Å²) in [5.74, 6) is 0. The molecule has 54 valence electrons. The second-order valence-electron chi connectivity index (χ2n) is 1.33. The Hall–Kier alpha value is -0.180. The number of hydrogen-bond donors (Lipinski definition) is 0. The van der Waals surface area contributed by atoms with Crippen molar-refractivity contribution < 1.29 is 18.4 Å². The molecule has 0 aliphatic rings. The second kappa shape index (κ2) is 3.77. The molecule has 0 fully saturated rings. The van der Waals surface area contributed by atoms with Gasteiger partial charge in [0.15, 0.2) is 0 Å². The van der Waals surface area contributed by atoms with Crippen LogP contribution in [0.1, 0.15) is 0 Å². The van der Waals surface area contributed by atoms with Gasteiger partial charge >= 0.3 is 7.60 Å². The highest BCUT2D eigenvalue weighted by molar-refractivity contribution is 7.54. The SMILES string of the molecule is COP(=O)(CC=O)OC. The maximum absolute atomic E-state index is 10.9. The van der Waals surface area contributed by atoms with Crippen LogP contribution in [0, 0.1) is 0 Å². The minimum atomic E-state index is -3.05. The first-order valence-corrected chi connectivity index (χ1v) is 4.05. The summed E-state index contributed by atoms with van der Waals surface area (Å²) >= 11 is 0. The minimum absolute atomic E-state index is 0.181. The average molecular weight is 152 g/mol. The molecule has 0 heterocycles. The van der Waals surface area contributed by atoms with Crippen LogP contribution in [0.5, 0.6) is 0 Å². The minimum Gasteiger partial charge on any atom is -0.312 e. The van der Waals surface area contributed by atoms with Crippen LogP contribution in [0.2, 0.25) is 0 Å². The van der Waals surface area contributed by atoms with Gasteiger partial charge in [0.2, 0.25) is 0 Å². The van der Waals surface area contributed by atoms with Crippen molar-refractivity contribution in [1.82, 2.24) is 0 Å². The molecule has 0 saturated carbocycles. The fourth-order valence-electron chi connectivity index (χ4n) is 0.315. The first-order valence-electron chi connectivity index (χ1n) is 2.32. The predicted molar refractivity (Wildman–Crippen MR) is 32.6 cm³/mol. The monoisotopic (exact) mass is 152 g/mol. The van der Waals surface area contributed by atoms with E-state index in [-0.39, 0.29) is 6.16 Å². The number of carbonyl (C=O) groups is 1. The maximum Gasteiger partial charge on any atom is 0.337 e. The largest absolute Gasteiger partial charge is 0.337 e. The van der Waals surface area contributed by atoms with Crippen molar-refractivity contribution >= 4 is 13.9 Å². The van der Waals surface area contributed by atoms with Crippen LogP contribution in [0.25, 0.3) is 0 Å². The van der Waals surface area contributed by atoms with E-state index in [1.807, 2.05) is 0 Å². The molecule has 0 unspecified atom stereocenters. The Morgan fingerprint density at radius 3 is 2.00 bits per heavy atom. The number of aldehydes is 1. The fourth-order valence-corrected chi connectivity index (χ4v) is 0.945. The third-order valence-electron chi connectivity index (χ3n) is 0.854. The highest BCUT2D eigenvalue weighted by Gasteiger charge is 2.18. The van der Waals surface area contributed by atoms with E-state index in [4.69, 9.17) is 0 Å². The van der Waals surface area contributed by atoms with Gasteiger partial charge < -0.3 is 13.8 Å². The van der Waals surface area contributed by atoms with Crippen molar-refractivity contribution in [3.8, 4) is 0 Å². The lowest BCUT2D eigenvalue weighted by Gasteiger charge is -2.08. The number of rotatable bonds is 4. The Morgan fingerprint density at radius 1 is 1.44 bits per heavy atom. The van der Waals surface area contributed by atoms with E-state index >= 15 is 0 Å². The summed E-state index contributed by atoms with van der Waals surface area (Å²) in [7, 11) is -0.562. The molecule has 5 heteroatoms. The molecule has 0 N–H and O–H groups in total. The third kappa shape index (κ3) is 2.75. The highest BCUT2D eigenvalue weighted by atomic mass is 31.2. The lowest BCUT2D eigenvalue weighted by molar-refractivity contribution is -0.106. The first kappa shape index (κ1) is 8.82.